The summed E-state index contributed by atoms with van der Waals surface area (Å²) in [5.41, 5.74) is 2.12. The summed E-state index contributed by atoms with van der Waals surface area (Å²) in [7, 11) is 0. The van der Waals surface area contributed by atoms with Gasteiger partial charge in [-0.1, -0.05) is 36.4 Å². The van der Waals surface area contributed by atoms with Crippen molar-refractivity contribution in [1.82, 2.24) is 9.97 Å². The summed E-state index contributed by atoms with van der Waals surface area (Å²) in [5.74, 6) is 0.754. The van der Waals surface area contributed by atoms with Gasteiger partial charge in [0, 0.05) is 11.1 Å². The first-order valence-corrected chi connectivity index (χ1v) is 8.16. The number of nitrogens with zero attached hydrogens (tertiary/aromatic N) is 1. The lowest BCUT2D eigenvalue weighted by molar-refractivity contribution is 0.306. The second kappa shape index (κ2) is 6.80. The number of hydrogen-bond donors (Lipinski definition) is 1. The molecule has 0 aliphatic carbocycles. The van der Waals surface area contributed by atoms with Crippen molar-refractivity contribution in [2.24, 2.45) is 0 Å². The van der Waals surface area contributed by atoms with E-state index in [0.717, 1.165) is 11.1 Å². The van der Waals surface area contributed by atoms with Crippen LogP contribution >= 0.6 is 0 Å². The summed E-state index contributed by atoms with van der Waals surface area (Å²) in [5, 5.41) is 0.552. The van der Waals surface area contributed by atoms with Gasteiger partial charge in [-0.15, -0.1) is 0 Å². The van der Waals surface area contributed by atoms with Crippen molar-refractivity contribution in [3.63, 3.8) is 0 Å². The fraction of sp³-hybridized carbons (Fsp3) is 0.0476. The molecule has 4 rings (SSSR count). The summed E-state index contributed by atoms with van der Waals surface area (Å²) in [6.07, 6.45) is 0. The van der Waals surface area contributed by atoms with Crippen molar-refractivity contribution in [2.75, 3.05) is 0 Å². The van der Waals surface area contributed by atoms with Gasteiger partial charge in [-0.25, -0.2) is 9.37 Å². The van der Waals surface area contributed by atoms with E-state index in [-0.39, 0.29) is 18.0 Å². The monoisotopic (exact) mass is 346 g/mol. The van der Waals surface area contributed by atoms with E-state index in [0.29, 0.717) is 22.5 Å². The zero-order valence-electron chi connectivity index (χ0n) is 13.8. The Labute approximate surface area is 148 Å². The van der Waals surface area contributed by atoms with Crippen LogP contribution in [0.15, 0.2) is 77.6 Å². The molecule has 5 heteroatoms. The molecule has 0 spiro atoms. The molecule has 0 saturated carbocycles. The van der Waals surface area contributed by atoms with Crippen molar-refractivity contribution in [3.8, 4) is 17.1 Å². The van der Waals surface area contributed by atoms with Crippen molar-refractivity contribution in [2.45, 2.75) is 6.61 Å². The highest BCUT2D eigenvalue weighted by Crippen LogP contribution is 2.23. The third-order valence-electron chi connectivity index (χ3n) is 4.09. The number of ether oxygens (including phenoxy) is 1. The fourth-order valence-corrected chi connectivity index (χ4v) is 2.78. The third-order valence-corrected chi connectivity index (χ3v) is 4.09. The number of aromatic nitrogens is 2. The normalized spacial score (nSPS) is 10.8. The molecule has 128 valence electrons. The molecule has 4 aromatic rings. The topological polar surface area (TPSA) is 55.0 Å². The Balaban J connectivity index is 1.69. The van der Waals surface area contributed by atoms with Gasteiger partial charge in [0.1, 0.15) is 24.0 Å². The molecule has 0 atom stereocenters. The molecule has 0 aliphatic rings. The van der Waals surface area contributed by atoms with Gasteiger partial charge in [0.25, 0.3) is 5.56 Å². The fourth-order valence-electron chi connectivity index (χ4n) is 2.78. The quantitative estimate of drug-likeness (QED) is 0.599. The van der Waals surface area contributed by atoms with E-state index >= 15 is 0 Å². The van der Waals surface area contributed by atoms with Gasteiger partial charge in [-0.05, 0) is 36.4 Å². The molecule has 3 aromatic carbocycles. The zero-order chi connectivity index (χ0) is 17.9. The molecule has 26 heavy (non-hydrogen) atoms. The van der Waals surface area contributed by atoms with E-state index in [9.17, 15) is 9.18 Å². The van der Waals surface area contributed by atoms with Gasteiger partial charge >= 0.3 is 0 Å². The number of fused-ring (bicyclic) bond motifs is 1. The highest BCUT2D eigenvalue weighted by atomic mass is 19.1. The standard InChI is InChI=1S/C21H15FN2O2/c22-15-9-11-16(12-10-15)26-13-14-5-1-2-6-17(14)20-23-19-8-4-3-7-18(19)21(25)24-20/h1-12H,13H2,(H,23,24,25). The van der Waals surface area contributed by atoms with Crippen LogP contribution in [0.5, 0.6) is 5.75 Å². The van der Waals surface area contributed by atoms with Crippen LogP contribution in [-0.2, 0) is 6.61 Å². The first kappa shape index (κ1) is 16.0. The van der Waals surface area contributed by atoms with Crippen molar-refractivity contribution in [3.05, 3.63) is 94.5 Å². The number of para-hydroxylation sites is 1. The van der Waals surface area contributed by atoms with Crippen LogP contribution in [-0.4, -0.2) is 9.97 Å². The Bertz CT molecular complexity index is 1120. The van der Waals surface area contributed by atoms with Crippen molar-refractivity contribution < 1.29 is 9.13 Å². The lowest BCUT2D eigenvalue weighted by atomic mass is 10.1. The highest BCUT2D eigenvalue weighted by molar-refractivity contribution is 5.79. The minimum Gasteiger partial charge on any atom is -0.489 e. The maximum atomic E-state index is 13.0. The number of benzene rings is 3. The largest absolute Gasteiger partial charge is 0.489 e. The van der Waals surface area contributed by atoms with E-state index in [1.165, 1.54) is 12.1 Å². The lowest BCUT2D eigenvalue weighted by Gasteiger charge is -2.11. The van der Waals surface area contributed by atoms with E-state index in [2.05, 4.69) is 9.97 Å². The number of nitrogens with one attached hydrogen (secondary N) is 1. The second-order valence-corrected chi connectivity index (χ2v) is 5.83. The summed E-state index contributed by atoms with van der Waals surface area (Å²) < 4.78 is 18.7. The first-order valence-electron chi connectivity index (χ1n) is 8.16. The SMILES string of the molecule is O=c1[nH]c(-c2ccccc2COc2ccc(F)cc2)nc2ccccc12. The maximum Gasteiger partial charge on any atom is 0.259 e. The highest BCUT2D eigenvalue weighted by Gasteiger charge is 2.10. The maximum absolute atomic E-state index is 13.0. The third kappa shape index (κ3) is 3.19. The van der Waals surface area contributed by atoms with Crippen molar-refractivity contribution >= 4 is 10.9 Å². The van der Waals surface area contributed by atoms with Crippen molar-refractivity contribution in [1.29, 1.82) is 0 Å². The van der Waals surface area contributed by atoms with Gasteiger partial charge in [0.2, 0.25) is 0 Å². The van der Waals surface area contributed by atoms with Gasteiger partial charge in [0.05, 0.1) is 10.9 Å². The van der Waals surface area contributed by atoms with E-state index in [1.807, 2.05) is 42.5 Å². The summed E-state index contributed by atoms with van der Waals surface area (Å²) >= 11 is 0. The Morgan fingerprint density at radius 2 is 1.65 bits per heavy atom. The number of aromatic amines is 1. The molecule has 1 heterocycles. The van der Waals surface area contributed by atoms with Crippen LogP contribution in [0.25, 0.3) is 22.3 Å². The smallest absolute Gasteiger partial charge is 0.259 e. The second-order valence-electron chi connectivity index (χ2n) is 5.83. The molecule has 1 N–H and O–H groups in total. The van der Waals surface area contributed by atoms with Crippen LogP contribution < -0.4 is 10.3 Å². The molecular weight excluding hydrogens is 331 g/mol. The molecule has 4 nitrogen and oxygen atoms in total. The zero-order valence-corrected chi connectivity index (χ0v) is 13.8. The predicted octanol–water partition coefficient (Wildman–Crippen LogP) is 4.31. The lowest BCUT2D eigenvalue weighted by Crippen LogP contribution is -2.10. The van der Waals surface area contributed by atoms with Gasteiger partial charge < -0.3 is 9.72 Å². The molecular formula is C21H15FN2O2. The van der Waals surface area contributed by atoms with E-state index < -0.39 is 0 Å². The van der Waals surface area contributed by atoms with Gasteiger partial charge in [-0.3, -0.25) is 4.79 Å². The van der Waals surface area contributed by atoms with Crippen LogP contribution in [0.4, 0.5) is 4.39 Å². The minimum absolute atomic E-state index is 0.181. The Morgan fingerprint density at radius 1 is 0.923 bits per heavy atom. The molecule has 0 amide bonds. The number of H-pyrrole nitrogens is 1. The summed E-state index contributed by atoms with van der Waals surface area (Å²) in [6.45, 7) is 0.276. The summed E-state index contributed by atoms with van der Waals surface area (Å²) in [6, 6.07) is 20.6. The molecule has 1 aromatic heterocycles. The Morgan fingerprint density at radius 3 is 2.50 bits per heavy atom. The van der Waals surface area contributed by atoms with Crippen LogP contribution in [0, 0.1) is 5.82 Å². The molecule has 0 aliphatic heterocycles. The van der Waals surface area contributed by atoms with Gasteiger partial charge in [-0.2, -0.15) is 0 Å². The Kier molecular flexibility index (Phi) is 4.19. The van der Waals surface area contributed by atoms with E-state index in [1.54, 1.807) is 18.2 Å². The van der Waals surface area contributed by atoms with Gasteiger partial charge in [0.15, 0.2) is 0 Å². The average molecular weight is 346 g/mol. The molecule has 0 fully saturated rings. The summed E-state index contributed by atoms with van der Waals surface area (Å²) in [4.78, 5) is 19.7. The van der Waals surface area contributed by atoms with Crippen LogP contribution in [0.2, 0.25) is 0 Å². The van der Waals surface area contributed by atoms with Crippen LogP contribution in [0.1, 0.15) is 5.56 Å². The Hall–Kier alpha value is -3.47. The first-order chi connectivity index (χ1) is 12.7. The molecule has 0 unspecified atom stereocenters. The molecule has 0 bridgehead atoms. The molecule has 0 saturated heterocycles. The number of rotatable bonds is 4. The molecule has 0 radical (unpaired) electrons. The van der Waals surface area contributed by atoms with Crippen LogP contribution in [0.3, 0.4) is 0 Å². The van der Waals surface area contributed by atoms with E-state index in [4.69, 9.17) is 4.74 Å². The number of hydrogen-bond acceptors (Lipinski definition) is 3. The average Bonchev–Trinajstić information content (AvgIpc) is 2.68. The minimum atomic E-state index is -0.310. The number of halogens is 1. The predicted molar refractivity (Wildman–Crippen MR) is 98.5 cm³/mol.